The number of alkyl halides is 2. The van der Waals surface area contributed by atoms with Gasteiger partial charge in [0, 0.05) is 13.0 Å². The van der Waals surface area contributed by atoms with Gasteiger partial charge in [0.25, 0.3) is 6.43 Å². The van der Waals surface area contributed by atoms with Crippen molar-refractivity contribution < 1.29 is 8.78 Å². The van der Waals surface area contributed by atoms with Gasteiger partial charge in [0.1, 0.15) is 0 Å². The Balaban J connectivity index is 3.37. The summed E-state index contributed by atoms with van der Waals surface area (Å²) in [5, 5.41) is 6.83. The second-order valence-corrected chi connectivity index (χ2v) is 2.43. The molecule has 11 heavy (non-hydrogen) atoms. The van der Waals surface area contributed by atoms with Crippen LogP contribution in [0.3, 0.4) is 0 Å². The molecule has 0 aromatic carbocycles. The number of rotatable bonds is 5. The molecular formula is C6H13F2N3. The summed E-state index contributed by atoms with van der Waals surface area (Å²) in [5.74, 6) is 0.0334. The molecule has 3 N–H and O–H groups in total. The lowest BCUT2D eigenvalue weighted by molar-refractivity contribution is 0.101. The van der Waals surface area contributed by atoms with Crippen LogP contribution in [-0.4, -0.2) is 37.3 Å². The molecule has 0 saturated carbocycles. The van der Waals surface area contributed by atoms with E-state index in [0.29, 0.717) is 13.0 Å². The van der Waals surface area contributed by atoms with Gasteiger partial charge in [-0.15, -0.1) is 0 Å². The predicted octanol–water partition coefficient (Wildman–Crippen LogP) is 0.509. The van der Waals surface area contributed by atoms with Crippen LogP contribution in [0, 0.1) is 5.41 Å². The van der Waals surface area contributed by atoms with E-state index in [2.05, 4.69) is 0 Å². The fourth-order valence-corrected chi connectivity index (χ4v) is 0.638. The van der Waals surface area contributed by atoms with E-state index in [1.54, 1.807) is 7.05 Å². The van der Waals surface area contributed by atoms with Gasteiger partial charge in [0.05, 0.1) is 12.4 Å². The summed E-state index contributed by atoms with van der Waals surface area (Å²) in [6.45, 7) is 0.160. The van der Waals surface area contributed by atoms with Gasteiger partial charge in [-0.05, 0) is 7.05 Å². The molecule has 0 saturated heterocycles. The molecule has 0 amide bonds. The summed E-state index contributed by atoms with van der Waals surface area (Å²) in [7, 11) is 1.58. The van der Waals surface area contributed by atoms with E-state index in [9.17, 15) is 8.78 Å². The average molecular weight is 165 g/mol. The molecule has 0 unspecified atom stereocenters. The molecular weight excluding hydrogens is 152 g/mol. The lowest BCUT2D eigenvalue weighted by Crippen LogP contribution is -2.28. The SMILES string of the molecule is CN(CCC(=N)N)CC(F)F. The van der Waals surface area contributed by atoms with Gasteiger partial charge >= 0.3 is 0 Å². The van der Waals surface area contributed by atoms with Crippen LogP contribution < -0.4 is 5.73 Å². The van der Waals surface area contributed by atoms with Gasteiger partial charge in [-0.25, -0.2) is 8.78 Å². The highest BCUT2D eigenvalue weighted by Crippen LogP contribution is 1.95. The van der Waals surface area contributed by atoms with Crippen molar-refractivity contribution in [3.63, 3.8) is 0 Å². The fraction of sp³-hybridized carbons (Fsp3) is 0.833. The zero-order valence-corrected chi connectivity index (χ0v) is 6.48. The fourth-order valence-electron chi connectivity index (χ4n) is 0.638. The second-order valence-electron chi connectivity index (χ2n) is 2.43. The van der Waals surface area contributed by atoms with Crippen molar-refractivity contribution in [2.75, 3.05) is 20.1 Å². The van der Waals surface area contributed by atoms with Crippen LogP contribution in [0.2, 0.25) is 0 Å². The Labute approximate surface area is 64.7 Å². The number of nitrogens with one attached hydrogen (secondary N) is 1. The molecule has 0 aromatic heterocycles. The number of amidine groups is 1. The van der Waals surface area contributed by atoms with Gasteiger partial charge in [0.2, 0.25) is 0 Å². The van der Waals surface area contributed by atoms with Crippen molar-refractivity contribution in [3.8, 4) is 0 Å². The monoisotopic (exact) mass is 165 g/mol. The van der Waals surface area contributed by atoms with Gasteiger partial charge in [-0.1, -0.05) is 0 Å². The van der Waals surface area contributed by atoms with E-state index in [1.165, 1.54) is 4.90 Å². The number of nitrogens with zero attached hydrogens (tertiary/aromatic N) is 1. The third-order valence-corrected chi connectivity index (χ3v) is 1.21. The van der Waals surface area contributed by atoms with Crippen LogP contribution in [0.25, 0.3) is 0 Å². The first-order valence-electron chi connectivity index (χ1n) is 3.32. The molecule has 0 aliphatic carbocycles. The summed E-state index contributed by atoms with van der Waals surface area (Å²) in [5.41, 5.74) is 5.04. The molecule has 0 aliphatic rings. The first kappa shape index (κ1) is 10.3. The van der Waals surface area contributed by atoms with Gasteiger partial charge < -0.3 is 10.6 Å². The maximum absolute atomic E-state index is 11.7. The maximum Gasteiger partial charge on any atom is 0.251 e. The zero-order chi connectivity index (χ0) is 8.85. The maximum atomic E-state index is 11.7. The van der Waals surface area contributed by atoms with E-state index >= 15 is 0 Å². The first-order valence-corrected chi connectivity index (χ1v) is 3.32. The molecule has 5 heteroatoms. The molecule has 0 aliphatic heterocycles. The largest absolute Gasteiger partial charge is 0.388 e. The molecule has 66 valence electrons. The summed E-state index contributed by atoms with van der Waals surface area (Å²) in [6.07, 6.45) is -1.96. The van der Waals surface area contributed by atoms with E-state index in [4.69, 9.17) is 11.1 Å². The minimum absolute atomic E-state index is 0.0334. The molecule has 0 rings (SSSR count). The summed E-state index contributed by atoms with van der Waals surface area (Å²) in [6, 6.07) is 0. The van der Waals surface area contributed by atoms with Gasteiger partial charge in [0.15, 0.2) is 0 Å². The number of hydrogen-bond acceptors (Lipinski definition) is 2. The Morgan fingerprint density at radius 3 is 2.55 bits per heavy atom. The molecule has 0 aromatic rings. The van der Waals surface area contributed by atoms with Crippen LogP contribution in [0.5, 0.6) is 0 Å². The molecule has 0 heterocycles. The number of nitrogens with two attached hydrogens (primary N) is 1. The highest BCUT2D eigenvalue weighted by atomic mass is 19.3. The molecule has 0 bridgehead atoms. The lowest BCUT2D eigenvalue weighted by Gasteiger charge is -2.14. The molecule has 0 fully saturated rings. The molecule has 0 atom stereocenters. The Morgan fingerprint density at radius 2 is 2.18 bits per heavy atom. The third kappa shape index (κ3) is 7.18. The van der Waals surface area contributed by atoms with Crippen LogP contribution in [0.1, 0.15) is 6.42 Å². The minimum Gasteiger partial charge on any atom is -0.388 e. The summed E-state index contributed by atoms with van der Waals surface area (Å²) in [4.78, 5) is 1.45. The van der Waals surface area contributed by atoms with E-state index < -0.39 is 6.43 Å². The van der Waals surface area contributed by atoms with Gasteiger partial charge in [-0.3, -0.25) is 5.41 Å². The minimum atomic E-state index is -2.31. The van der Waals surface area contributed by atoms with Crippen LogP contribution >= 0.6 is 0 Å². The van der Waals surface area contributed by atoms with Gasteiger partial charge in [-0.2, -0.15) is 0 Å². The standard InChI is InChI=1S/C6H13F2N3/c1-11(4-5(7)8)3-2-6(9)10/h5H,2-4H2,1H3,(H3,9,10). The third-order valence-electron chi connectivity index (χ3n) is 1.21. The summed E-state index contributed by atoms with van der Waals surface area (Å²) >= 11 is 0. The molecule has 3 nitrogen and oxygen atoms in total. The van der Waals surface area contributed by atoms with E-state index in [0.717, 1.165) is 0 Å². The Kier molecular flexibility index (Phi) is 4.69. The number of hydrogen-bond donors (Lipinski definition) is 2. The van der Waals surface area contributed by atoms with Crippen molar-refractivity contribution in [1.82, 2.24) is 4.90 Å². The van der Waals surface area contributed by atoms with Crippen molar-refractivity contribution >= 4 is 5.84 Å². The highest BCUT2D eigenvalue weighted by molar-refractivity contribution is 5.76. The zero-order valence-electron chi connectivity index (χ0n) is 6.48. The van der Waals surface area contributed by atoms with Crippen molar-refractivity contribution in [2.45, 2.75) is 12.8 Å². The summed E-state index contributed by atoms with van der Waals surface area (Å²) < 4.78 is 23.4. The predicted molar refractivity (Wildman–Crippen MR) is 40.0 cm³/mol. The number of halogens is 2. The normalized spacial score (nSPS) is 11.0. The Hall–Kier alpha value is -0.710. The molecule has 0 spiro atoms. The van der Waals surface area contributed by atoms with Crippen molar-refractivity contribution in [2.24, 2.45) is 5.73 Å². The lowest BCUT2D eigenvalue weighted by atomic mass is 10.4. The van der Waals surface area contributed by atoms with Crippen molar-refractivity contribution in [3.05, 3.63) is 0 Å². The Bertz CT molecular complexity index is 127. The van der Waals surface area contributed by atoms with E-state index in [-0.39, 0.29) is 12.4 Å². The van der Waals surface area contributed by atoms with Crippen LogP contribution in [0.4, 0.5) is 8.78 Å². The molecule has 0 radical (unpaired) electrons. The second kappa shape index (κ2) is 5.01. The quantitative estimate of drug-likeness (QED) is 0.460. The van der Waals surface area contributed by atoms with Crippen LogP contribution in [-0.2, 0) is 0 Å². The Morgan fingerprint density at radius 1 is 1.64 bits per heavy atom. The average Bonchev–Trinajstić information content (AvgIpc) is 1.82. The van der Waals surface area contributed by atoms with Crippen molar-refractivity contribution in [1.29, 1.82) is 5.41 Å². The van der Waals surface area contributed by atoms with Crippen LogP contribution in [0.15, 0.2) is 0 Å². The topological polar surface area (TPSA) is 53.1 Å². The van der Waals surface area contributed by atoms with E-state index in [1.807, 2.05) is 0 Å². The smallest absolute Gasteiger partial charge is 0.251 e. The highest BCUT2D eigenvalue weighted by Gasteiger charge is 2.06. The first-order chi connectivity index (χ1) is 5.02.